The smallest absolute Gasteiger partial charge is 0.132 e. The Hall–Kier alpha value is -2.05. The summed E-state index contributed by atoms with van der Waals surface area (Å²) in [5, 5.41) is 4.58. The number of fused-ring (bicyclic) bond motifs is 2. The molecule has 3 aromatic heterocycles. The summed E-state index contributed by atoms with van der Waals surface area (Å²) in [6.07, 6.45) is 3.28. The second-order valence-corrected chi connectivity index (χ2v) is 6.57. The van der Waals surface area contributed by atoms with Gasteiger partial charge in [0.25, 0.3) is 0 Å². The third-order valence-electron chi connectivity index (χ3n) is 3.39. The molecule has 4 rings (SSSR count). The fourth-order valence-corrected chi connectivity index (χ4v) is 4.11. The van der Waals surface area contributed by atoms with E-state index in [0.29, 0.717) is 16.7 Å². The van der Waals surface area contributed by atoms with Gasteiger partial charge in [-0.3, -0.25) is 4.98 Å². The predicted octanol–water partition coefficient (Wildman–Crippen LogP) is 4.67. The van der Waals surface area contributed by atoms with Crippen LogP contribution in [0.15, 0.2) is 53.3 Å². The highest BCUT2D eigenvalue weighted by molar-refractivity contribution is 7.98. The van der Waals surface area contributed by atoms with E-state index in [-0.39, 0.29) is 5.82 Å². The van der Waals surface area contributed by atoms with Crippen molar-refractivity contribution < 1.29 is 4.39 Å². The molecule has 0 amide bonds. The summed E-state index contributed by atoms with van der Waals surface area (Å²) in [5.74, 6) is 0.453. The molecule has 0 aliphatic rings. The summed E-state index contributed by atoms with van der Waals surface area (Å²) in [4.78, 5) is 13.9. The van der Waals surface area contributed by atoms with Crippen molar-refractivity contribution in [3.8, 4) is 0 Å². The molecule has 108 valence electrons. The Morgan fingerprint density at radius 1 is 1.05 bits per heavy atom. The maximum atomic E-state index is 13.8. The Balaban J connectivity index is 1.70. The molecule has 0 radical (unpaired) electrons. The third-order valence-corrected chi connectivity index (χ3v) is 5.26. The van der Waals surface area contributed by atoms with E-state index < -0.39 is 0 Å². The number of thioether (sulfide) groups is 1. The van der Waals surface area contributed by atoms with Crippen molar-refractivity contribution in [1.29, 1.82) is 0 Å². The Morgan fingerprint density at radius 3 is 2.95 bits per heavy atom. The predicted molar refractivity (Wildman–Crippen MR) is 88.7 cm³/mol. The van der Waals surface area contributed by atoms with Crippen molar-refractivity contribution in [3.63, 3.8) is 0 Å². The highest BCUT2D eigenvalue weighted by Gasteiger charge is 2.10. The molecule has 22 heavy (non-hydrogen) atoms. The molecule has 0 saturated carbocycles. The van der Waals surface area contributed by atoms with Crippen LogP contribution in [0.3, 0.4) is 0 Å². The first-order valence-electron chi connectivity index (χ1n) is 6.66. The van der Waals surface area contributed by atoms with Crippen LogP contribution in [0.25, 0.3) is 21.1 Å². The van der Waals surface area contributed by atoms with Gasteiger partial charge in [0.15, 0.2) is 0 Å². The van der Waals surface area contributed by atoms with Crippen molar-refractivity contribution in [2.45, 2.75) is 10.8 Å². The molecule has 3 heterocycles. The van der Waals surface area contributed by atoms with Crippen LogP contribution < -0.4 is 0 Å². The van der Waals surface area contributed by atoms with Crippen molar-refractivity contribution in [1.82, 2.24) is 15.0 Å². The number of aromatic nitrogens is 3. The van der Waals surface area contributed by atoms with Gasteiger partial charge in [-0.2, -0.15) is 0 Å². The average Bonchev–Trinajstić information content (AvgIpc) is 3.04. The van der Waals surface area contributed by atoms with Crippen LogP contribution in [0, 0.1) is 5.82 Å². The van der Waals surface area contributed by atoms with Gasteiger partial charge in [-0.15, -0.1) is 23.1 Å². The summed E-state index contributed by atoms with van der Waals surface area (Å²) in [6, 6.07) is 8.84. The van der Waals surface area contributed by atoms with Crippen LogP contribution in [0.4, 0.5) is 4.39 Å². The Labute approximate surface area is 134 Å². The van der Waals surface area contributed by atoms with E-state index >= 15 is 0 Å². The zero-order chi connectivity index (χ0) is 14.9. The van der Waals surface area contributed by atoms with Crippen LogP contribution in [0.5, 0.6) is 0 Å². The minimum Gasteiger partial charge on any atom is -0.256 e. The molecule has 0 N–H and O–H groups in total. The van der Waals surface area contributed by atoms with Gasteiger partial charge < -0.3 is 0 Å². The first-order chi connectivity index (χ1) is 10.8. The number of thiophene rings is 1. The van der Waals surface area contributed by atoms with Crippen LogP contribution >= 0.6 is 23.1 Å². The molecule has 0 unspecified atom stereocenters. The molecule has 0 bridgehead atoms. The van der Waals surface area contributed by atoms with Crippen molar-refractivity contribution in [2.75, 3.05) is 0 Å². The Bertz CT molecular complexity index is 968. The lowest BCUT2D eigenvalue weighted by Crippen LogP contribution is -1.91. The van der Waals surface area contributed by atoms with Crippen molar-refractivity contribution >= 4 is 44.2 Å². The Morgan fingerprint density at radius 2 is 2.00 bits per heavy atom. The highest BCUT2D eigenvalue weighted by Crippen LogP contribution is 2.31. The molecule has 0 aliphatic heterocycles. The summed E-state index contributed by atoms with van der Waals surface area (Å²) in [7, 11) is 0. The van der Waals surface area contributed by atoms with Crippen molar-refractivity contribution in [3.05, 3.63) is 59.6 Å². The molecule has 6 heteroatoms. The van der Waals surface area contributed by atoms with E-state index in [1.54, 1.807) is 53.8 Å². The van der Waals surface area contributed by atoms with E-state index in [2.05, 4.69) is 15.0 Å². The monoisotopic (exact) mass is 327 g/mol. The number of hydrogen-bond donors (Lipinski definition) is 0. The number of pyridine rings is 1. The summed E-state index contributed by atoms with van der Waals surface area (Å²) < 4.78 is 13.8. The minimum absolute atomic E-state index is 0.237. The zero-order valence-corrected chi connectivity index (χ0v) is 13.0. The van der Waals surface area contributed by atoms with Gasteiger partial charge in [0, 0.05) is 22.7 Å². The van der Waals surface area contributed by atoms with Gasteiger partial charge >= 0.3 is 0 Å². The molecular weight excluding hydrogens is 317 g/mol. The molecule has 0 fully saturated rings. The van der Waals surface area contributed by atoms with Gasteiger partial charge in [0.05, 0.1) is 5.52 Å². The SMILES string of the molecule is Fc1ccc(CSc2ncnc3sccc23)c2ncccc12. The minimum atomic E-state index is -0.237. The van der Waals surface area contributed by atoms with Crippen molar-refractivity contribution in [2.24, 2.45) is 0 Å². The molecule has 4 aromatic rings. The third kappa shape index (κ3) is 2.34. The lowest BCUT2D eigenvalue weighted by molar-refractivity contribution is 0.639. The van der Waals surface area contributed by atoms with Crippen LogP contribution in [-0.4, -0.2) is 15.0 Å². The van der Waals surface area contributed by atoms with Crippen LogP contribution in [-0.2, 0) is 5.75 Å². The highest BCUT2D eigenvalue weighted by atomic mass is 32.2. The number of rotatable bonds is 3. The first-order valence-corrected chi connectivity index (χ1v) is 8.52. The van der Waals surface area contributed by atoms with Gasteiger partial charge in [0.1, 0.15) is 22.0 Å². The normalized spacial score (nSPS) is 11.3. The molecule has 3 nitrogen and oxygen atoms in total. The van der Waals surface area contributed by atoms with E-state index in [1.165, 1.54) is 6.07 Å². The van der Waals surface area contributed by atoms with Gasteiger partial charge in [-0.25, -0.2) is 14.4 Å². The summed E-state index contributed by atoms with van der Waals surface area (Å²) in [5.41, 5.74) is 1.72. The molecule has 1 aromatic carbocycles. The first kappa shape index (κ1) is 13.6. The van der Waals surface area contributed by atoms with Gasteiger partial charge in [-0.05, 0) is 35.2 Å². The van der Waals surface area contributed by atoms with E-state index in [9.17, 15) is 4.39 Å². The van der Waals surface area contributed by atoms with Gasteiger partial charge in [-0.1, -0.05) is 6.07 Å². The van der Waals surface area contributed by atoms with Crippen LogP contribution in [0.1, 0.15) is 5.56 Å². The van der Waals surface area contributed by atoms with E-state index in [4.69, 9.17) is 0 Å². The summed E-state index contributed by atoms with van der Waals surface area (Å²) >= 11 is 3.22. The van der Waals surface area contributed by atoms with Crippen LogP contribution in [0.2, 0.25) is 0 Å². The van der Waals surface area contributed by atoms with E-state index in [0.717, 1.165) is 20.8 Å². The zero-order valence-electron chi connectivity index (χ0n) is 11.4. The number of halogens is 1. The molecule has 0 spiro atoms. The van der Waals surface area contributed by atoms with Gasteiger partial charge in [0.2, 0.25) is 0 Å². The quantitative estimate of drug-likeness (QED) is 0.405. The lowest BCUT2D eigenvalue weighted by atomic mass is 10.1. The lowest BCUT2D eigenvalue weighted by Gasteiger charge is -2.06. The topological polar surface area (TPSA) is 38.7 Å². The average molecular weight is 327 g/mol. The molecule has 0 atom stereocenters. The standard InChI is InChI=1S/C16H10FN3S2/c17-13-4-3-10(14-11(13)2-1-6-18-14)8-22-16-12-5-7-21-15(12)19-9-20-16/h1-7,9H,8H2. The Kier molecular flexibility index (Phi) is 3.48. The maximum Gasteiger partial charge on any atom is 0.132 e. The second kappa shape index (κ2) is 5.62. The number of benzene rings is 1. The maximum absolute atomic E-state index is 13.8. The largest absolute Gasteiger partial charge is 0.256 e. The molecular formula is C16H10FN3S2. The second-order valence-electron chi connectivity index (χ2n) is 4.71. The molecule has 0 saturated heterocycles. The number of nitrogens with zero attached hydrogens (tertiary/aromatic N) is 3. The van der Waals surface area contributed by atoms with E-state index in [1.807, 2.05) is 11.4 Å². The molecule has 0 aliphatic carbocycles. The summed E-state index contributed by atoms with van der Waals surface area (Å²) in [6.45, 7) is 0. The fraction of sp³-hybridized carbons (Fsp3) is 0.0625. The number of hydrogen-bond acceptors (Lipinski definition) is 5. The fourth-order valence-electron chi connectivity index (χ4n) is 2.34.